The molecule has 0 aromatic carbocycles. The van der Waals surface area contributed by atoms with Crippen molar-refractivity contribution in [3.63, 3.8) is 0 Å². The quantitative estimate of drug-likeness (QED) is 0.0739. The van der Waals surface area contributed by atoms with E-state index in [1.54, 1.807) is 0 Å². The van der Waals surface area contributed by atoms with Crippen LogP contribution in [0.1, 0.15) is 51.4 Å². The zero-order chi connectivity index (χ0) is 27.8. The number of unbranched alkanes of at least 4 members (excludes halogenated alkanes) is 1. The predicted molar refractivity (Wildman–Crippen MR) is 125 cm³/mol. The van der Waals surface area contributed by atoms with E-state index in [0.29, 0.717) is 19.4 Å². The third-order valence-corrected chi connectivity index (χ3v) is 4.95. The van der Waals surface area contributed by atoms with Gasteiger partial charge in [-0.05, 0) is 32.2 Å². The second kappa shape index (κ2) is 16.8. The van der Waals surface area contributed by atoms with E-state index in [4.69, 9.17) is 28.7 Å². The van der Waals surface area contributed by atoms with Crippen molar-refractivity contribution < 1.29 is 38.7 Å². The summed E-state index contributed by atoms with van der Waals surface area (Å²) in [5.41, 5.74) is 26.5. The highest BCUT2D eigenvalue weighted by Gasteiger charge is 2.31. The number of primary amides is 3. The largest absolute Gasteiger partial charge is 0.480 e. The fraction of sp³-hybridized carbons (Fsp3) is 0.650. The van der Waals surface area contributed by atoms with Gasteiger partial charge in [0.05, 0.1) is 12.5 Å². The first-order valence-corrected chi connectivity index (χ1v) is 11.2. The number of carbonyl (C=O) groups excluding carboxylic acids is 6. The maximum Gasteiger partial charge on any atom is 0.326 e. The SMILES string of the molecule is NCCCCC(N)C(=O)NC(CC(N)=O)C(=O)NC(CCC(N)=O)C(=O)NC(CCC(N)=O)C(=O)O. The number of nitrogens with two attached hydrogens (primary N) is 5. The number of hydrogen-bond acceptors (Lipinski definition) is 9. The molecule has 0 aromatic rings. The fourth-order valence-electron chi connectivity index (χ4n) is 2.97. The van der Waals surface area contributed by atoms with Crippen LogP contribution in [0.15, 0.2) is 0 Å². The smallest absolute Gasteiger partial charge is 0.326 e. The van der Waals surface area contributed by atoms with Crippen molar-refractivity contribution in [3.05, 3.63) is 0 Å². The molecule has 0 saturated carbocycles. The van der Waals surface area contributed by atoms with Crippen molar-refractivity contribution in [3.8, 4) is 0 Å². The minimum Gasteiger partial charge on any atom is -0.480 e. The number of hydrogen-bond donors (Lipinski definition) is 9. The van der Waals surface area contributed by atoms with Crippen LogP contribution in [0.3, 0.4) is 0 Å². The van der Waals surface area contributed by atoms with Crippen molar-refractivity contribution in [2.45, 2.75) is 75.5 Å². The fourth-order valence-corrected chi connectivity index (χ4v) is 2.97. The molecular formula is C20H36N8O8. The standard InChI is InChI=1S/C20H36N8O8/c21-8-2-1-3-10(22)17(32)28-13(9-16(25)31)19(34)26-11(4-6-14(23)29)18(33)27-12(20(35)36)5-7-15(24)30/h10-13H,1-9,21-22H2,(H2,23,29)(H2,24,30)(H2,25,31)(H,26,34)(H,27,33)(H,28,32)(H,35,36). The predicted octanol–water partition coefficient (Wildman–Crippen LogP) is -4.61. The monoisotopic (exact) mass is 516 g/mol. The van der Waals surface area contributed by atoms with Gasteiger partial charge in [-0.3, -0.25) is 28.8 Å². The van der Waals surface area contributed by atoms with Crippen molar-refractivity contribution in [2.24, 2.45) is 28.7 Å². The minimum atomic E-state index is -1.52. The molecular weight excluding hydrogens is 480 g/mol. The Balaban J connectivity index is 5.53. The third-order valence-electron chi connectivity index (χ3n) is 4.95. The first-order valence-electron chi connectivity index (χ1n) is 11.2. The molecule has 0 aliphatic rings. The van der Waals surface area contributed by atoms with Crippen LogP contribution in [-0.4, -0.2) is 77.2 Å². The highest BCUT2D eigenvalue weighted by Crippen LogP contribution is 2.05. The van der Waals surface area contributed by atoms with Crippen LogP contribution in [0.25, 0.3) is 0 Å². The van der Waals surface area contributed by atoms with E-state index in [0.717, 1.165) is 0 Å². The molecule has 204 valence electrons. The summed E-state index contributed by atoms with van der Waals surface area (Å²) < 4.78 is 0. The highest BCUT2D eigenvalue weighted by molar-refractivity contribution is 5.96. The topological polar surface area (TPSA) is 306 Å². The van der Waals surface area contributed by atoms with Gasteiger partial charge in [0.15, 0.2) is 0 Å². The Kier molecular flexibility index (Phi) is 15.0. The molecule has 36 heavy (non-hydrogen) atoms. The van der Waals surface area contributed by atoms with E-state index in [1.807, 2.05) is 0 Å². The molecule has 14 N–H and O–H groups in total. The second-order valence-corrected chi connectivity index (χ2v) is 8.09. The Bertz CT molecular complexity index is 822. The zero-order valence-corrected chi connectivity index (χ0v) is 19.9. The number of nitrogens with one attached hydrogen (secondary N) is 3. The number of aliphatic carboxylic acids is 1. The van der Waals surface area contributed by atoms with E-state index in [1.165, 1.54) is 0 Å². The van der Waals surface area contributed by atoms with Gasteiger partial charge in [-0.25, -0.2) is 4.79 Å². The Morgan fingerprint density at radius 1 is 0.639 bits per heavy atom. The lowest BCUT2D eigenvalue weighted by atomic mass is 10.1. The van der Waals surface area contributed by atoms with Crippen LogP contribution in [0.2, 0.25) is 0 Å². The molecule has 4 unspecified atom stereocenters. The Morgan fingerprint density at radius 2 is 1.11 bits per heavy atom. The average molecular weight is 517 g/mol. The van der Waals surface area contributed by atoms with Gasteiger partial charge in [0.1, 0.15) is 18.1 Å². The molecule has 0 bridgehead atoms. The summed E-state index contributed by atoms with van der Waals surface area (Å²) in [5, 5.41) is 16.0. The summed E-state index contributed by atoms with van der Waals surface area (Å²) in [6, 6.07) is -5.52. The first-order chi connectivity index (χ1) is 16.8. The molecule has 0 spiro atoms. The number of carboxylic acid groups (broad SMARTS) is 1. The van der Waals surface area contributed by atoms with Gasteiger partial charge in [-0.15, -0.1) is 0 Å². The van der Waals surface area contributed by atoms with Crippen LogP contribution in [0.5, 0.6) is 0 Å². The lowest BCUT2D eigenvalue weighted by Gasteiger charge is -2.24. The van der Waals surface area contributed by atoms with Gasteiger partial charge in [-0.1, -0.05) is 6.42 Å². The molecule has 6 amide bonds. The van der Waals surface area contributed by atoms with Gasteiger partial charge in [-0.2, -0.15) is 0 Å². The van der Waals surface area contributed by atoms with E-state index in [-0.39, 0.29) is 32.1 Å². The van der Waals surface area contributed by atoms with Gasteiger partial charge < -0.3 is 49.7 Å². The summed E-state index contributed by atoms with van der Waals surface area (Å²) >= 11 is 0. The number of carboxylic acids is 1. The van der Waals surface area contributed by atoms with Crippen LogP contribution in [0.4, 0.5) is 0 Å². The molecule has 0 aliphatic carbocycles. The van der Waals surface area contributed by atoms with Crippen molar-refractivity contribution in [1.29, 1.82) is 0 Å². The summed E-state index contributed by atoms with van der Waals surface area (Å²) in [4.78, 5) is 83.0. The van der Waals surface area contributed by atoms with E-state index in [2.05, 4.69) is 16.0 Å². The number of carbonyl (C=O) groups is 7. The maximum atomic E-state index is 12.8. The average Bonchev–Trinajstić information content (AvgIpc) is 2.77. The summed E-state index contributed by atoms with van der Waals surface area (Å²) in [7, 11) is 0. The molecule has 16 nitrogen and oxygen atoms in total. The van der Waals surface area contributed by atoms with Crippen molar-refractivity contribution >= 4 is 41.4 Å². The maximum absolute atomic E-state index is 12.8. The molecule has 0 radical (unpaired) electrons. The molecule has 0 heterocycles. The van der Waals surface area contributed by atoms with E-state index < -0.39 is 72.0 Å². The molecule has 0 rings (SSSR count). The second-order valence-electron chi connectivity index (χ2n) is 8.09. The Morgan fingerprint density at radius 3 is 1.58 bits per heavy atom. The van der Waals surface area contributed by atoms with Crippen molar-refractivity contribution in [1.82, 2.24) is 16.0 Å². The zero-order valence-electron chi connectivity index (χ0n) is 19.9. The van der Waals surface area contributed by atoms with Gasteiger partial charge in [0.2, 0.25) is 35.4 Å². The van der Waals surface area contributed by atoms with Crippen LogP contribution in [-0.2, 0) is 33.6 Å². The van der Waals surface area contributed by atoms with E-state index >= 15 is 0 Å². The lowest BCUT2D eigenvalue weighted by Crippen LogP contribution is -2.57. The molecule has 16 heteroatoms. The summed E-state index contributed by atoms with van der Waals surface area (Å²) in [5.74, 6) is -6.77. The third kappa shape index (κ3) is 13.8. The molecule has 0 aliphatic heterocycles. The molecule has 0 aromatic heterocycles. The molecule has 4 atom stereocenters. The van der Waals surface area contributed by atoms with Crippen LogP contribution >= 0.6 is 0 Å². The summed E-state index contributed by atoms with van der Waals surface area (Å²) in [6.07, 6.45) is -0.551. The van der Waals surface area contributed by atoms with Gasteiger partial charge >= 0.3 is 5.97 Å². The van der Waals surface area contributed by atoms with Crippen molar-refractivity contribution in [2.75, 3.05) is 6.54 Å². The summed E-state index contributed by atoms with van der Waals surface area (Å²) in [6.45, 7) is 0.404. The highest BCUT2D eigenvalue weighted by atomic mass is 16.4. The van der Waals surface area contributed by atoms with Crippen LogP contribution < -0.4 is 44.6 Å². The number of amides is 6. The first kappa shape index (κ1) is 32.2. The Labute approximate surface area is 207 Å². The minimum absolute atomic E-state index is 0.263. The molecule has 0 fully saturated rings. The number of rotatable bonds is 19. The van der Waals surface area contributed by atoms with Crippen LogP contribution in [0, 0.1) is 0 Å². The Hall–Kier alpha value is -3.79. The lowest BCUT2D eigenvalue weighted by molar-refractivity contribution is -0.143. The van der Waals surface area contributed by atoms with Gasteiger partial charge in [0.25, 0.3) is 0 Å². The van der Waals surface area contributed by atoms with Gasteiger partial charge in [0, 0.05) is 12.8 Å². The normalized spacial score (nSPS) is 13.9. The molecule has 0 saturated heterocycles. The van der Waals surface area contributed by atoms with E-state index in [9.17, 15) is 38.7 Å².